The van der Waals surface area contributed by atoms with Crippen LogP contribution in [0.15, 0.2) is 36.7 Å². The fourth-order valence-electron chi connectivity index (χ4n) is 2.05. The lowest BCUT2D eigenvalue weighted by Gasteiger charge is -2.17. The maximum absolute atomic E-state index is 8.81. The predicted octanol–water partition coefficient (Wildman–Crippen LogP) is 1.40. The number of rotatable bonds is 4. The van der Waals surface area contributed by atoms with Gasteiger partial charge in [0, 0.05) is 31.5 Å². The van der Waals surface area contributed by atoms with Crippen LogP contribution in [0, 0.1) is 11.8 Å². The van der Waals surface area contributed by atoms with Gasteiger partial charge in [-0.15, -0.1) is 0 Å². The van der Waals surface area contributed by atoms with E-state index in [1.807, 2.05) is 42.2 Å². The molecule has 0 amide bonds. The Morgan fingerprint density at radius 3 is 2.80 bits per heavy atom. The first-order valence-electron chi connectivity index (χ1n) is 6.53. The highest BCUT2D eigenvalue weighted by atomic mass is 16.2. The van der Waals surface area contributed by atoms with Crippen LogP contribution in [0.25, 0.3) is 0 Å². The molecule has 1 aromatic heterocycles. The van der Waals surface area contributed by atoms with Gasteiger partial charge in [0.25, 0.3) is 0 Å². The number of hydrogen-bond donors (Lipinski definition) is 1. The van der Waals surface area contributed by atoms with Crippen molar-refractivity contribution in [3.8, 4) is 11.8 Å². The average molecular weight is 269 g/mol. The van der Waals surface area contributed by atoms with Crippen molar-refractivity contribution in [2.24, 2.45) is 7.05 Å². The van der Waals surface area contributed by atoms with Gasteiger partial charge in [0.2, 0.25) is 0 Å². The van der Waals surface area contributed by atoms with E-state index in [1.54, 1.807) is 0 Å². The summed E-state index contributed by atoms with van der Waals surface area (Å²) in [6.45, 7) is 1.46. The molecule has 0 aliphatic carbocycles. The molecule has 4 heteroatoms. The monoisotopic (exact) mass is 269 g/mol. The number of aliphatic hydroxyl groups excluding tert-OH is 1. The molecule has 0 aliphatic rings. The topological polar surface area (TPSA) is 41.3 Å². The number of imidazole rings is 1. The van der Waals surface area contributed by atoms with Gasteiger partial charge in [-0.1, -0.05) is 30.0 Å². The van der Waals surface area contributed by atoms with Gasteiger partial charge in [-0.05, 0) is 18.7 Å². The van der Waals surface area contributed by atoms with Crippen LogP contribution in [-0.2, 0) is 20.1 Å². The van der Waals surface area contributed by atoms with Crippen LogP contribution < -0.4 is 0 Å². The van der Waals surface area contributed by atoms with E-state index in [1.165, 1.54) is 0 Å². The Balaban J connectivity index is 2.08. The normalized spacial score (nSPS) is 10.4. The van der Waals surface area contributed by atoms with Crippen LogP contribution in [0.5, 0.6) is 0 Å². The quantitative estimate of drug-likeness (QED) is 0.853. The van der Waals surface area contributed by atoms with Crippen LogP contribution >= 0.6 is 0 Å². The lowest BCUT2D eigenvalue weighted by atomic mass is 10.1. The van der Waals surface area contributed by atoms with Crippen molar-refractivity contribution in [1.29, 1.82) is 0 Å². The lowest BCUT2D eigenvalue weighted by Crippen LogP contribution is -2.20. The van der Waals surface area contributed by atoms with Crippen LogP contribution in [0.2, 0.25) is 0 Å². The summed E-state index contributed by atoms with van der Waals surface area (Å²) in [5, 5.41) is 8.81. The highest BCUT2D eigenvalue weighted by molar-refractivity contribution is 5.41. The van der Waals surface area contributed by atoms with Gasteiger partial charge in [-0.2, -0.15) is 0 Å². The standard InChI is InChI=1S/C16H19N3O/c1-18(13-16-17-9-10-19(16)2)12-15-7-4-3-6-14(15)8-5-11-20/h3-4,6-7,9-10,20H,11-13H2,1-2H3. The minimum atomic E-state index is -0.114. The summed E-state index contributed by atoms with van der Waals surface area (Å²) < 4.78 is 2.02. The van der Waals surface area contributed by atoms with Crippen molar-refractivity contribution in [2.45, 2.75) is 13.1 Å². The first-order valence-corrected chi connectivity index (χ1v) is 6.53. The van der Waals surface area contributed by atoms with Crippen LogP contribution in [0.4, 0.5) is 0 Å². The van der Waals surface area contributed by atoms with Crippen molar-refractivity contribution in [1.82, 2.24) is 14.5 Å². The lowest BCUT2D eigenvalue weighted by molar-refractivity contribution is 0.307. The molecule has 1 heterocycles. The zero-order valence-corrected chi connectivity index (χ0v) is 11.9. The molecule has 1 aromatic carbocycles. The Bertz CT molecular complexity index is 622. The molecule has 0 bridgehead atoms. The molecule has 0 radical (unpaired) electrons. The Hall–Kier alpha value is -2.09. The molecule has 0 atom stereocenters. The molecule has 2 rings (SSSR count). The maximum Gasteiger partial charge on any atom is 0.122 e. The number of aliphatic hydroxyl groups is 1. The van der Waals surface area contributed by atoms with E-state index in [4.69, 9.17) is 5.11 Å². The third-order valence-corrected chi connectivity index (χ3v) is 3.09. The van der Waals surface area contributed by atoms with E-state index in [-0.39, 0.29) is 6.61 Å². The number of benzene rings is 1. The van der Waals surface area contributed by atoms with Crippen molar-refractivity contribution < 1.29 is 5.11 Å². The molecule has 104 valence electrons. The van der Waals surface area contributed by atoms with E-state index < -0.39 is 0 Å². The Labute approximate surface area is 119 Å². The average Bonchev–Trinajstić information content (AvgIpc) is 2.83. The van der Waals surface area contributed by atoms with E-state index in [9.17, 15) is 0 Å². The molecule has 0 saturated carbocycles. The largest absolute Gasteiger partial charge is 0.384 e. The van der Waals surface area contributed by atoms with Gasteiger partial charge in [-0.3, -0.25) is 4.90 Å². The van der Waals surface area contributed by atoms with Gasteiger partial charge in [-0.25, -0.2) is 4.98 Å². The third kappa shape index (κ3) is 3.70. The molecule has 20 heavy (non-hydrogen) atoms. The van der Waals surface area contributed by atoms with Crippen LogP contribution in [0.3, 0.4) is 0 Å². The van der Waals surface area contributed by atoms with Gasteiger partial charge in [0.1, 0.15) is 12.4 Å². The number of hydrogen-bond acceptors (Lipinski definition) is 3. The fourth-order valence-corrected chi connectivity index (χ4v) is 2.05. The Kier molecular flexibility index (Phi) is 4.94. The summed E-state index contributed by atoms with van der Waals surface area (Å²) in [6.07, 6.45) is 3.76. The molecule has 0 spiro atoms. The fraction of sp³-hybridized carbons (Fsp3) is 0.312. The molecule has 2 aromatic rings. The molecule has 1 N–H and O–H groups in total. The maximum atomic E-state index is 8.81. The van der Waals surface area contributed by atoms with E-state index in [0.717, 1.165) is 30.0 Å². The number of aromatic nitrogens is 2. The Morgan fingerprint density at radius 1 is 1.30 bits per heavy atom. The summed E-state index contributed by atoms with van der Waals surface area (Å²) in [4.78, 5) is 6.53. The zero-order chi connectivity index (χ0) is 14.4. The molecular formula is C16H19N3O. The van der Waals surface area contributed by atoms with E-state index >= 15 is 0 Å². The van der Waals surface area contributed by atoms with Gasteiger partial charge >= 0.3 is 0 Å². The van der Waals surface area contributed by atoms with E-state index in [2.05, 4.69) is 34.8 Å². The number of nitrogens with zero attached hydrogens (tertiary/aromatic N) is 3. The van der Waals surface area contributed by atoms with Crippen LogP contribution in [0.1, 0.15) is 17.0 Å². The third-order valence-electron chi connectivity index (χ3n) is 3.09. The Morgan fingerprint density at radius 2 is 2.10 bits per heavy atom. The molecule has 0 aliphatic heterocycles. The van der Waals surface area contributed by atoms with Gasteiger partial charge < -0.3 is 9.67 Å². The molecule has 0 unspecified atom stereocenters. The number of aryl methyl sites for hydroxylation is 1. The first-order chi connectivity index (χ1) is 9.70. The van der Waals surface area contributed by atoms with Crippen molar-refractivity contribution in [2.75, 3.05) is 13.7 Å². The second kappa shape index (κ2) is 6.90. The van der Waals surface area contributed by atoms with Crippen LogP contribution in [-0.4, -0.2) is 33.2 Å². The highest BCUT2D eigenvalue weighted by Crippen LogP contribution is 2.11. The first kappa shape index (κ1) is 14.3. The summed E-state index contributed by atoms with van der Waals surface area (Å²) in [5.41, 5.74) is 2.12. The smallest absolute Gasteiger partial charge is 0.122 e. The van der Waals surface area contributed by atoms with E-state index in [0.29, 0.717) is 0 Å². The predicted molar refractivity (Wildman–Crippen MR) is 78.8 cm³/mol. The minimum Gasteiger partial charge on any atom is -0.384 e. The van der Waals surface area contributed by atoms with Crippen molar-refractivity contribution in [3.63, 3.8) is 0 Å². The summed E-state index contributed by atoms with van der Waals surface area (Å²) >= 11 is 0. The summed E-state index contributed by atoms with van der Waals surface area (Å²) in [7, 11) is 4.06. The van der Waals surface area contributed by atoms with Crippen molar-refractivity contribution in [3.05, 3.63) is 53.6 Å². The molecule has 0 fully saturated rings. The second-order valence-corrected chi connectivity index (χ2v) is 4.74. The van der Waals surface area contributed by atoms with Gasteiger partial charge in [0.05, 0.1) is 6.54 Å². The molecule has 4 nitrogen and oxygen atoms in total. The highest BCUT2D eigenvalue weighted by Gasteiger charge is 2.07. The minimum absolute atomic E-state index is 0.114. The zero-order valence-electron chi connectivity index (χ0n) is 11.9. The van der Waals surface area contributed by atoms with Crippen molar-refractivity contribution >= 4 is 0 Å². The SMILES string of the molecule is CN(Cc1ccccc1C#CCO)Cc1nccn1C. The van der Waals surface area contributed by atoms with Gasteiger partial charge in [0.15, 0.2) is 0 Å². The summed E-state index contributed by atoms with van der Waals surface area (Å²) in [5.74, 6) is 6.73. The summed E-state index contributed by atoms with van der Waals surface area (Å²) in [6, 6.07) is 8.01. The molecular weight excluding hydrogens is 250 g/mol. The second-order valence-electron chi connectivity index (χ2n) is 4.74. The molecule has 0 saturated heterocycles.